The Morgan fingerprint density at radius 1 is 1.16 bits per heavy atom. The molecule has 0 bridgehead atoms. The number of carbonyl (C=O) groups excluding carboxylic acids is 1. The standard InChI is InChI=1S/C25H32N4O3/c1-16-8-6-7-9-21(16)29(15-18-10-11-22(31-4)23(12-18)32-5)25(30)19-13-20-17(2)27-28(3)24(20)26-14-19/h10-14,16,21H,6-9,15H2,1-5H3/t16-,21-/m1/s1. The van der Waals surface area contributed by atoms with Gasteiger partial charge in [0.2, 0.25) is 0 Å². The van der Waals surface area contributed by atoms with E-state index in [1.54, 1.807) is 25.1 Å². The highest BCUT2D eigenvalue weighted by Gasteiger charge is 2.31. The quantitative estimate of drug-likeness (QED) is 0.568. The molecule has 7 heteroatoms. The number of benzene rings is 1. The summed E-state index contributed by atoms with van der Waals surface area (Å²) in [4.78, 5) is 20.4. The van der Waals surface area contributed by atoms with Gasteiger partial charge < -0.3 is 14.4 Å². The van der Waals surface area contributed by atoms with Crippen LogP contribution in [0.25, 0.3) is 11.0 Å². The molecule has 0 radical (unpaired) electrons. The average Bonchev–Trinajstić information content (AvgIpc) is 3.10. The van der Waals surface area contributed by atoms with Crippen molar-refractivity contribution in [2.24, 2.45) is 13.0 Å². The molecule has 1 aliphatic rings. The van der Waals surface area contributed by atoms with Gasteiger partial charge in [0.1, 0.15) is 0 Å². The maximum absolute atomic E-state index is 13.8. The minimum absolute atomic E-state index is 0.0104. The van der Waals surface area contributed by atoms with Gasteiger partial charge in [0.15, 0.2) is 17.1 Å². The summed E-state index contributed by atoms with van der Waals surface area (Å²) in [6, 6.07) is 7.98. The summed E-state index contributed by atoms with van der Waals surface area (Å²) in [5.41, 5.74) is 3.28. The maximum Gasteiger partial charge on any atom is 0.256 e. The molecule has 170 valence electrons. The highest BCUT2D eigenvalue weighted by atomic mass is 16.5. The van der Waals surface area contributed by atoms with Crippen molar-refractivity contribution in [1.82, 2.24) is 19.7 Å². The Morgan fingerprint density at radius 3 is 2.62 bits per heavy atom. The second-order valence-electron chi connectivity index (χ2n) is 8.76. The number of hydrogen-bond acceptors (Lipinski definition) is 5. The summed E-state index contributed by atoms with van der Waals surface area (Å²) in [7, 11) is 5.13. The zero-order chi connectivity index (χ0) is 22.8. The summed E-state index contributed by atoms with van der Waals surface area (Å²) in [6.07, 6.45) is 6.20. The molecule has 0 spiro atoms. The van der Waals surface area contributed by atoms with Crippen molar-refractivity contribution in [1.29, 1.82) is 0 Å². The van der Waals surface area contributed by atoms with Crippen molar-refractivity contribution in [3.05, 3.63) is 47.3 Å². The molecule has 2 atom stereocenters. The summed E-state index contributed by atoms with van der Waals surface area (Å²) in [5, 5.41) is 5.36. The molecule has 1 aliphatic carbocycles. The molecule has 1 saturated carbocycles. The third-order valence-corrected chi connectivity index (χ3v) is 6.64. The number of nitrogens with zero attached hydrogens (tertiary/aromatic N) is 4. The van der Waals surface area contributed by atoms with E-state index in [0.717, 1.165) is 41.6 Å². The Balaban J connectivity index is 1.71. The number of aromatic nitrogens is 3. The molecule has 0 aliphatic heterocycles. The summed E-state index contributed by atoms with van der Waals surface area (Å²) in [6.45, 7) is 4.71. The Kier molecular flexibility index (Phi) is 6.35. The second-order valence-corrected chi connectivity index (χ2v) is 8.76. The lowest BCUT2D eigenvalue weighted by Crippen LogP contribution is -2.44. The van der Waals surface area contributed by atoms with Crippen LogP contribution in [-0.4, -0.2) is 45.8 Å². The topological polar surface area (TPSA) is 69.5 Å². The number of hydrogen-bond donors (Lipinski definition) is 0. The Morgan fingerprint density at radius 2 is 1.91 bits per heavy atom. The molecule has 7 nitrogen and oxygen atoms in total. The van der Waals surface area contributed by atoms with E-state index in [9.17, 15) is 4.79 Å². The van der Waals surface area contributed by atoms with Crippen LogP contribution < -0.4 is 9.47 Å². The molecule has 1 fully saturated rings. The van der Waals surface area contributed by atoms with Gasteiger partial charge in [0, 0.05) is 31.2 Å². The SMILES string of the molecule is COc1ccc(CN(C(=O)c2cnc3c(c2)c(C)nn3C)[C@@H]2CCCC[C@H]2C)cc1OC. The van der Waals surface area contributed by atoms with Gasteiger partial charge >= 0.3 is 0 Å². The Labute approximate surface area is 189 Å². The molecule has 3 aromatic rings. The molecule has 0 unspecified atom stereocenters. The van der Waals surface area contributed by atoms with Gasteiger partial charge in [-0.2, -0.15) is 5.10 Å². The summed E-state index contributed by atoms with van der Waals surface area (Å²) >= 11 is 0. The van der Waals surface area contributed by atoms with E-state index < -0.39 is 0 Å². The first-order valence-electron chi connectivity index (χ1n) is 11.2. The van der Waals surface area contributed by atoms with Crippen molar-refractivity contribution < 1.29 is 14.3 Å². The highest BCUT2D eigenvalue weighted by molar-refractivity contribution is 5.97. The molecule has 0 N–H and O–H groups in total. The lowest BCUT2D eigenvalue weighted by Gasteiger charge is -2.39. The molecule has 2 heterocycles. The maximum atomic E-state index is 13.8. The van der Waals surface area contributed by atoms with E-state index in [1.165, 1.54) is 6.42 Å². The lowest BCUT2D eigenvalue weighted by molar-refractivity contribution is 0.0528. The van der Waals surface area contributed by atoms with Crippen molar-refractivity contribution in [3.8, 4) is 11.5 Å². The fourth-order valence-corrected chi connectivity index (χ4v) is 4.87. The van der Waals surface area contributed by atoms with E-state index in [2.05, 4.69) is 17.0 Å². The molecule has 2 aromatic heterocycles. The van der Waals surface area contributed by atoms with E-state index in [4.69, 9.17) is 9.47 Å². The van der Waals surface area contributed by atoms with Gasteiger partial charge in [-0.15, -0.1) is 0 Å². The predicted molar refractivity (Wildman–Crippen MR) is 124 cm³/mol. The van der Waals surface area contributed by atoms with Gasteiger partial charge in [0.05, 0.1) is 25.5 Å². The van der Waals surface area contributed by atoms with Crippen LogP contribution in [0.5, 0.6) is 11.5 Å². The number of rotatable bonds is 6. The zero-order valence-electron chi connectivity index (χ0n) is 19.6. The normalized spacial score (nSPS) is 18.5. The molecule has 4 rings (SSSR count). The summed E-state index contributed by atoms with van der Waals surface area (Å²) < 4.78 is 12.6. The van der Waals surface area contributed by atoms with Crippen LogP contribution in [0.3, 0.4) is 0 Å². The van der Waals surface area contributed by atoms with Crippen LogP contribution in [0.15, 0.2) is 30.5 Å². The molecular formula is C25H32N4O3. The number of fused-ring (bicyclic) bond motifs is 1. The smallest absolute Gasteiger partial charge is 0.256 e. The fourth-order valence-electron chi connectivity index (χ4n) is 4.87. The van der Waals surface area contributed by atoms with E-state index in [1.807, 2.05) is 43.1 Å². The number of methoxy groups -OCH3 is 2. The first kappa shape index (κ1) is 22.1. The predicted octanol–water partition coefficient (Wildman–Crippen LogP) is 4.52. The third kappa shape index (κ3) is 4.16. The van der Waals surface area contributed by atoms with Crippen LogP contribution in [0, 0.1) is 12.8 Å². The molecule has 0 saturated heterocycles. The zero-order valence-corrected chi connectivity index (χ0v) is 19.6. The average molecular weight is 437 g/mol. The van der Waals surface area contributed by atoms with Crippen LogP contribution >= 0.6 is 0 Å². The van der Waals surface area contributed by atoms with E-state index in [-0.39, 0.29) is 11.9 Å². The minimum atomic E-state index is 0.0104. The van der Waals surface area contributed by atoms with Crippen molar-refractivity contribution >= 4 is 16.9 Å². The van der Waals surface area contributed by atoms with Gasteiger partial charge in [-0.1, -0.05) is 25.8 Å². The second kappa shape index (κ2) is 9.18. The van der Waals surface area contributed by atoms with Crippen LogP contribution in [0.2, 0.25) is 0 Å². The third-order valence-electron chi connectivity index (χ3n) is 6.64. The first-order valence-corrected chi connectivity index (χ1v) is 11.2. The highest BCUT2D eigenvalue weighted by Crippen LogP contribution is 2.33. The summed E-state index contributed by atoms with van der Waals surface area (Å²) in [5.74, 6) is 1.81. The van der Waals surface area contributed by atoms with E-state index in [0.29, 0.717) is 29.5 Å². The number of ether oxygens (including phenoxy) is 2. The van der Waals surface area contributed by atoms with E-state index >= 15 is 0 Å². The Hall–Kier alpha value is -3.09. The van der Waals surface area contributed by atoms with Crippen molar-refractivity contribution in [2.75, 3.05) is 14.2 Å². The molecule has 1 amide bonds. The van der Waals surface area contributed by atoms with Crippen LogP contribution in [-0.2, 0) is 13.6 Å². The number of amides is 1. The fraction of sp³-hybridized carbons (Fsp3) is 0.480. The van der Waals surface area contributed by atoms with Gasteiger partial charge in [0.25, 0.3) is 5.91 Å². The lowest BCUT2D eigenvalue weighted by atomic mass is 9.84. The number of pyridine rings is 1. The molecular weight excluding hydrogens is 404 g/mol. The molecule has 32 heavy (non-hydrogen) atoms. The monoisotopic (exact) mass is 436 g/mol. The Bertz CT molecular complexity index is 1120. The van der Waals surface area contributed by atoms with Crippen LogP contribution in [0.4, 0.5) is 0 Å². The van der Waals surface area contributed by atoms with Gasteiger partial charge in [-0.05, 0) is 49.4 Å². The van der Waals surface area contributed by atoms with Crippen LogP contribution in [0.1, 0.15) is 54.2 Å². The van der Waals surface area contributed by atoms with Crippen molar-refractivity contribution in [2.45, 2.75) is 52.1 Å². The minimum Gasteiger partial charge on any atom is -0.493 e. The molecule has 1 aromatic carbocycles. The van der Waals surface area contributed by atoms with Gasteiger partial charge in [-0.25, -0.2) is 4.98 Å². The largest absolute Gasteiger partial charge is 0.493 e. The van der Waals surface area contributed by atoms with Gasteiger partial charge in [-0.3, -0.25) is 9.48 Å². The number of aryl methyl sites for hydroxylation is 2. The van der Waals surface area contributed by atoms with Crippen molar-refractivity contribution in [3.63, 3.8) is 0 Å². The first-order chi connectivity index (χ1) is 15.4. The number of carbonyl (C=O) groups is 1.